The Morgan fingerprint density at radius 3 is 2.00 bits per heavy atom. The second kappa shape index (κ2) is 6.54. The molecule has 1 heterocycles. The van der Waals surface area contributed by atoms with Crippen molar-refractivity contribution < 1.29 is 8.42 Å². The number of hydrogen-bond donors (Lipinski definition) is 1. The largest absolute Gasteiger partial charge is 0.329 e. The summed E-state index contributed by atoms with van der Waals surface area (Å²) in [5.41, 5.74) is 5.50. The molecule has 0 aromatic rings. The first kappa shape index (κ1) is 13.9. The summed E-state index contributed by atoms with van der Waals surface area (Å²) in [6, 6.07) is 0. The molecule has 1 fully saturated rings. The van der Waals surface area contributed by atoms with Gasteiger partial charge in [-0.1, -0.05) is 0 Å². The van der Waals surface area contributed by atoms with Crippen LogP contribution >= 0.6 is 0 Å². The van der Waals surface area contributed by atoms with Gasteiger partial charge in [0.05, 0.1) is 5.75 Å². The molecule has 0 spiro atoms. The summed E-state index contributed by atoms with van der Waals surface area (Å²) >= 11 is 0. The van der Waals surface area contributed by atoms with Gasteiger partial charge in [0.1, 0.15) is 9.84 Å². The maximum Gasteiger partial charge on any atom is 0.147 e. The van der Waals surface area contributed by atoms with Crippen molar-refractivity contribution in [2.24, 2.45) is 5.73 Å². The number of hydrogen-bond acceptors (Lipinski definition) is 5. The van der Waals surface area contributed by atoms with Gasteiger partial charge in [-0.05, 0) is 13.0 Å². The lowest BCUT2D eigenvalue weighted by Gasteiger charge is -2.34. The minimum absolute atomic E-state index is 0.302. The third kappa shape index (κ3) is 5.79. The third-order valence-corrected chi connectivity index (χ3v) is 3.93. The van der Waals surface area contributed by atoms with Crippen molar-refractivity contribution in [3.63, 3.8) is 0 Å². The molecule has 5 nitrogen and oxygen atoms in total. The van der Waals surface area contributed by atoms with E-state index < -0.39 is 9.84 Å². The Kier molecular flexibility index (Phi) is 5.68. The lowest BCUT2D eigenvalue weighted by Crippen LogP contribution is -2.48. The van der Waals surface area contributed by atoms with E-state index in [1.807, 2.05) is 0 Å². The molecule has 96 valence electrons. The van der Waals surface area contributed by atoms with E-state index in [4.69, 9.17) is 5.73 Å². The van der Waals surface area contributed by atoms with Crippen molar-refractivity contribution in [1.29, 1.82) is 0 Å². The predicted molar refractivity (Wildman–Crippen MR) is 66.3 cm³/mol. The lowest BCUT2D eigenvalue weighted by molar-refractivity contribution is 0.135. The van der Waals surface area contributed by atoms with Crippen LogP contribution in [-0.2, 0) is 9.84 Å². The molecule has 0 amide bonds. The van der Waals surface area contributed by atoms with Crippen molar-refractivity contribution in [1.82, 2.24) is 9.80 Å². The smallest absolute Gasteiger partial charge is 0.147 e. The van der Waals surface area contributed by atoms with E-state index in [9.17, 15) is 8.42 Å². The zero-order chi connectivity index (χ0) is 12.0. The van der Waals surface area contributed by atoms with Crippen molar-refractivity contribution in [2.45, 2.75) is 6.42 Å². The fraction of sp³-hybridized carbons (Fsp3) is 1.00. The molecule has 0 aliphatic carbocycles. The molecule has 0 saturated carbocycles. The van der Waals surface area contributed by atoms with Gasteiger partial charge >= 0.3 is 0 Å². The van der Waals surface area contributed by atoms with E-state index in [0.717, 1.165) is 45.7 Å². The van der Waals surface area contributed by atoms with Crippen LogP contribution in [0.15, 0.2) is 0 Å². The van der Waals surface area contributed by atoms with Crippen LogP contribution in [0.25, 0.3) is 0 Å². The Morgan fingerprint density at radius 1 is 1.06 bits per heavy atom. The zero-order valence-electron chi connectivity index (χ0n) is 10.1. The second-order valence-electron chi connectivity index (χ2n) is 4.46. The Balaban J connectivity index is 2.13. The van der Waals surface area contributed by atoms with Gasteiger partial charge in [0.2, 0.25) is 0 Å². The van der Waals surface area contributed by atoms with Crippen LogP contribution in [0.5, 0.6) is 0 Å². The molecular formula is C10H23N3O2S. The topological polar surface area (TPSA) is 66.6 Å². The number of piperazine rings is 1. The summed E-state index contributed by atoms with van der Waals surface area (Å²) in [5.74, 6) is 0.302. The summed E-state index contributed by atoms with van der Waals surface area (Å²) in [5, 5.41) is 0. The van der Waals surface area contributed by atoms with E-state index in [2.05, 4.69) is 9.80 Å². The highest BCUT2D eigenvalue weighted by atomic mass is 32.2. The second-order valence-corrected chi connectivity index (χ2v) is 6.72. The molecule has 1 saturated heterocycles. The van der Waals surface area contributed by atoms with Crippen molar-refractivity contribution >= 4 is 9.84 Å². The van der Waals surface area contributed by atoms with Crippen LogP contribution < -0.4 is 5.73 Å². The minimum Gasteiger partial charge on any atom is -0.329 e. The fourth-order valence-electron chi connectivity index (χ4n) is 1.97. The predicted octanol–water partition coefficient (Wildman–Crippen LogP) is -1.00. The Bertz CT molecular complexity index is 284. The maximum absolute atomic E-state index is 11.0. The summed E-state index contributed by atoms with van der Waals surface area (Å²) in [7, 11) is -2.80. The molecule has 0 atom stereocenters. The number of rotatable bonds is 6. The third-order valence-electron chi connectivity index (χ3n) is 2.90. The molecular weight excluding hydrogens is 226 g/mol. The Hall–Kier alpha value is -0.170. The first-order chi connectivity index (χ1) is 7.51. The van der Waals surface area contributed by atoms with E-state index in [0.29, 0.717) is 12.3 Å². The van der Waals surface area contributed by atoms with Crippen LogP contribution in [0.4, 0.5) is 0 Å². The van der Waals surface area contributed by atoms with Crippen LogP contribution in [0.3, 0.4) is 0 Å². The maximum atomic E-state index is 11.0. The molecule has 1 aliphatic rings. The molecule has 2 N–H and O–H groups in total. The monoisotopic (exact) mass is 249 g/mol. The van der Waals surface area contributed by atoms with E-state index >= 15 is 0 Å². The summed E-state index contributed by atoms with van der Waals surface area (Å²) < 4.78 is 21.9. The Morgan fingerprint density at radius 2 is 1.56 bits per heavy atom. The van der Waals surface area contributed by atoms with Gasteiger partial charge in [0, 0.05) is 45.5 Å². The quantitative estimate of drug-likeness (QED) is 0.654. The SMILES string of the molecule is CS(=O)(=O)CCCN1CCN(CCN)CC1. The van der Waals surface area contributed by atoms with Gasteiger partial charge in [-0.2, -0.15) is 0 Å². The van der Waals surface area contributed by atoms with Gasteiger partial charge in [0.15, 0.2) is 0 Å². The van der Waals surface area contributed by atoms with Gasteiger partial charge in [-0.15, -0.1) is 0 Å². The fourth-order valence-corrected chi connectivity index (χ4v) is 2.62. The van der Waals surface area contributed by atoms with Crippen LogP contribution in [0.1, 0.15) is 6.42 Å². The molecule has 16 heavy (non-hydrogen) atoms. The highest BCUT2D eigenvalue weighted by molar-refractivity contribution is 7.90. The summed E-state index contributed by atoms with van der Waals surface area (Å²) in [6.45, 7) is 6.74. The van der Waals surface area contributed by atoms with Gasteiger partial charge in [-0.3, -0.25) is 4.90 Å². The van der Waals surface area contributed by atoms with Crippen molar-refractivity contribution in [3.8, 4) is 0 Å². The van der Waals surface area contributed by atoms with Crippen LogP contribution in [0.2, 0.25) is 0 Å². The normalized spacial score (nSPS) is 20.1. The van der Waals surface area contributed by atoms with Gasteiger partial charge < -0.3 is 10.6 Å². The van der Waals surface area contributed by atoms with Crippen LogP contribution in [-0.4, -0.2) is 76.0 Å². The van der Waals surface area contributed by atoms with Gasteiger partial charge in [-0.25, -0.2) is 8.42 Å². The highest BCUT2D eigenvalue weighted by Crippen LogP contribution is 2.02. The van der Waals surface area contributed by atoms with Crippen molar-refractivity contribution in [3.05, 3.63) is 0 Å². The lowest BCUT2D eigenvalue weighted by atomic mass is 10.3. The van der Waals surface area contributed by atoms with E-state index in [-0.39, 0.29) is 0 Å². The zero-order valence-corrected chi connectivity index (χ0v) is 10.9. The first-order valence-corrected chi connectivity index (χ1v) is 7.90. The molecule has 0 bridgehead atoms. The average Bonchev–Trinajstić information content (AvgIpc) is 2.19. The number of nitrogens with two attached hydrogens (primary N) is 1. The molecule has 0 aromatic carbocycles. The van der Waals surface area contributed by atoms with Gasteiger partial charge in [0.25, 0.3) is 0 Å². The Labute approximate surface area is 98.5 Å². The molecule has 1 aliphatic heterocycles. The molecule has 6 heteroatoms. The van der Waals surface area contributed by atoms with E-state index in [1.165, 1.54) is 6.26 Å². The first-order valence-electron chi connectivity index (χ1n) is 5.84. The average molecular weight is 249 g/mol. The molecule has 0 unspecified atom stereocenters. The molecule has 0 radical (unpaired) electrons. The van der Waals surface area contributed by atoms with E-state index in [1.54, 1.807) is 0 Å². The minimum atomic E-state index is -2.80. The number of nitrogens with zero attached hydrogens (tertiary/aromatic N) is 2. The van der Waals surface area contributed by atoms with Crippen LogP contribution in [0, 0.1) is 0 Å². The molecule has 1 rings (SSSR count). The van der Waals surface area contributed by atoms with Crippen molar-refractivity contribution in [2.75, 3.05) is 57.8 Å². The standard InChI is InChI=1S/C10H23N3O2S/c1-16(14,15)10-2-4-12-6-8-13(5-3-11)9-7-12/h2-11H2,1H3. The highest BCUT2D eigenvalue weighted by Gasteiger charge is 2.15. The number of sulfone groups is 1. The summed E-state index contributed by atoms with van der Waals surface area (Å²) in [4.78, 5) is 4.69. The summed E-state index contributed by atoms with van der Waals surface area (Å²) in [6.07, 6.45) is 2.04. The molecule has 0 aromatic heterocycles.